The first-order chi connectivity index (χ1) is 14.2. The normalized spacial score (nSPS) is 11.6. The summed E-state index contributed by atoms with van der Waals surface area (Å²) < 4.78 is 65.1. The van der Waals surface area contributed by atoms with E-state index in [1.54, 1.807) is 6.07 Å². The third kappa shape index (κ3) is 3.84. The molecule has 0 aliphatic heterocycles. The van der Waals surface area contributed by atoms with Crippen molar-refractivity contribution in [2.24, 2.45) is 0 Å². The minimum atomic E-state index is -4.60. The topological polar surface area (TPSA) is 70.7 Å². The average molecular weight is 418 g/mol. The summed E-state index contributed by atoms with van der Waals surface area (Å²) in [5.41, 5.74) is 0.0000531. The van der Waals surface area contributed by atoms with E-state index >= 15 is 0 Å². The number of nitrogens with zero attached hydrogens (tertiary/aromatic N) is 2. The Morgan fingerprint density at radius 1 is 1.00 bits per heavy atom. The molecule has 10 heteroatoms. The summed E-state index contributed by atoms with van der Waals surface area (Å²) >= 11 is 0. The van der Waals surface area contributed by atoms with E-state index < -0.39 is 29.4 Å². The lowest BCUT2D eigenvalue weighted by atomic mass is 10.2. The summed E-state index contributed by atoms with van der Waals surface area (Å²) in [7, 11) is 0. The van der Waals surface area contributed by atoms with E-state index in [-0.39, 0.29) is 17.0 Å². The first kappa shape index (κ1) is 19.5. The second kappa shape index (κ2) is 7.21. The van der Waals surface area contributed by atoms with Gasteiger partial charge in [0.1, 0.15) is 23.2 Å². The molecule has 2 heterocycles. The fourth-order valence-corrected chi connectivity index (χ4v) is 2.79. The predicted octanol–water partition coefficient (Wildman–Crippen LogP) is 5.17. The van der Waals surface area contributed by atoms with Crippen molar-refractivity contribution >= 4 is 22.6 Å². The highest BCUT2D eigenvalue weighted by Gasteiger charge is 2.32. The number of imidazole rings is 1. The number of aromatic nitrogens is 3. The SMILES string of the molecule is O=C(Nc1ccc2nc(-c3cc(F)ccc3F)[nH]c2c1)c1ccc(C(F)(F)F)nc1. The number of nitrogens with one attached hydrogen (secondary N) is 2. The fourth-order valence-electron chi connectivity index (χ4n) is 2.79. The maximum absolute atomic E-state index is 14.0. The molecule has 0 radical (unpaired) electrons. The van der Waals surface area contributed by atoms with Gasteiger partial charge >= 0.3 is 6.18 Å². The minimum absolute atomic E-state index is 0.0485. The Kier molecular flexibility index (Phi) is 4.69. The molecule has 0 aliphatic carbocycles. The average Bonchev–Trinajstić information content (AvgIpc) is 3.12. The molecule has 2 aromatic carbocycles. The highest BCUT2D eigenvalue weighted by molar-refractivity contribution is 6.04. The van der Waals surface area contributed by atoms with Crippen LogP contribution in [0.3, 0.4) is 0 Å². The van der Waals surface area contributed by atoms with E-state index in [4.69, 9.17) is 0 Å². The Hall–Kier alpha value is -3.82. The van der Waals surface area contributed by atoms with Gasteiger partial charge in [0.25, 0.3) is 5.91 Å². The van der Waals surface area contributed by atoms with Crippen LogP contribution in [0.25, 0.3) is 22.4 Å². The molecule has 4 rings (SSSR count). The van der Waals surface area contributed by atoms with E-state index in [9.17, 15) is 26.7 Å². The molecule has 2 N–H and O–H groups in total. The van der Waals surface area contributed by atoms with Crippen LogP contribution in [0.5, 0.6) is 0 Å². The number of H-pyrrole nitrogens is 1. The van der Waals surface area contributed by atoms with Crippen molar-refractivity contribution in [3.05, 3.63) is 77.6 Å². The van der Waals surface area contributed by atoms with Gasteiger partial charge in [0.05, 0.1) is 22.2 Å². The van der Waals surface area contributed by atoms with Crippen molar-refractivity contribution in [1.29, 1.82) is 0 Å². The first-order valence-electron chi connectivity index (χ1n) is 8.50. The number of carbonyl (C=O) groups is 1. The van der Waals surface area contributed by atoms with Crippen molar-refractivity contribution in [3.63, 3.8) is 0 Å². The van der Waals surface area contributed by atoms with Gasteiger partial charge in [-0.3, -0.25) is 9.78 Å². The number of amides is 1. The van der Waals surface area contributed by atoms with Crippen LogP contribution in [-0.4, -0.2) is 20.9 Å². The molecule has 0 atom stereocenters. The van der Waals surface area contributed by atoms with Gasteiger partial charge in [0.15, 0.2) is 0 Å². The molecule has 0 spiro atoms. The summed E-state index contributed by atoms with van der Waals surface area (Å²) in [6, 6.07) is 9.30. The molecule has 0 bridgehead atoms. The number of hydrogen-bond donors (Lipinski definition) is 2. The third-order valence-electron chi connectivity index (χ3n) is 4.24. The summed E-state index contributed by atoms with van der Waals surface area (Å²) in [6.07, 6.45) is -3.77. The smallest absolute Gasteiger partial charge is 0.338 e. The number of anilines is 1. The number of fused-ring (bicyclic) bond motifs is 1. The zero-order valence-corrected chi connectivity index (χ0v) is 14.9. The number of benzene rings is 2. The van der Waals surface area contributed by atoms with Crippen molar-refractivity contribution < 1.29 is 26.7 Å². The van der Waals surface area contributed by atoms with Gasteiger partial charge in [-0.25, -0.2) is 13.8 Å². The molecular formula is C20H11F5N4O. The van der Waals surface area contributed by atoms with Crippen molar-refractivity contribution in [2.45, 2.75) is 6.18 Å². The highest BCUT2D eigenvalue weighted by Crippen LogP contribution is 2.28. The molecule has 152 valence electrons. The third-order valence-corrected chi connectivity index (χ3v) is 4.24. The maximum atomic E-state index is 14.0. The summed E-state index contributed by atoms with van der Waals surface area (Å²) in [5.74, 6) is -1.83. The molecule has 1 amide bonds. The Morgan fingerprint density at radius 3 is 2.50 bits per heavy atom. The van der Waals surface area contributed by atoms with E-state index in [1.165, 1.54) is 12.1 Å². The summed E-state index contributed by atoms with van der Waals surface area (Å²) in [6.45, 7) is 0. The Bertz CT molecular complexity index is 1250. The standard InChI is InChI=1S/C20H11F5N4O/c21-11-2-4-14(22)13(7-11)18-28-15-5-3-12(8-16(15)29-18)27-19(30)10-1-6-17(26-9-10)20(23,24)25/h1-9H,(H,27,30)(H,28,29). The van der Waals surface area contributed by atoms with Crippen molar-refractivity contribution in [3.8, 4) is 11.4 Å². The largest absolute Gasteiger partial charge is 0.433 e. The molecule has 0 unspecified atom stereocenters. The van der Waals surface area contributed by atoms with Gasteiger partial charge in [0.2, 0.25) is 0 Å². The molecule has 0 fully saturated rings. The molecule has 2 aromatic heterocycles. The number of carbonyl (C=O) groups excluding carboxylic acids is 1. The van der Waals surface area contributed by atoms with Crippen LogP contribution in [0.4, 0.5) is 27.6 Å². The van der Waals surface area contributed by atoms with Crippen LogP contribution in [0.15, 0.2) is 54.7 Å². The number of alkyl halides is 3. The van der Waals surface area contributed by atoms with Crippen LogP contribution in [0.2, 0.25) is 0 Å². The summed E-state index contributed by atoms with van der Waals surface area (Å²) in [4.78, 5) is 22.6. The Balaban J connectivity index is 1.58. The van der Waals surface area contributed by atoms with E-state index in [1.807, 2.05) is 0 Å². The van der Waals surface area contributed by atoms with Gasteiger partial charge in [-0.1, -0.05) is 0 Å². The lowest BCUT2D eigenvalue weighted by molar-refractivity contribution is -0.141. The van der Waals surface area contributed by atoms with Gasteiger partial charge in [-0.05, 0) is 48.5 Å². The Labute approximate surface area is 165 Å². The zero-order valence-electron chi connectivity index (χ0n) is 14.9. The molecule has 0 saturated heterocycles. The number of rotatable bonds is 3. The molecular weight excluding hydrogens is 407 g/mol. The van der Waals surface area contributed by atoms with Gasteiger partial charge in [-0.2, -0.15) is 13.2 Å². The van der Waals surface area contributed by atoms with Crippen LogP contribution in [0, 0.1) is 11.6 Å². The van der Waals surface area contributed by atoms with E-state index in [0.29, 0.717) is 22.8 Å². The molecule has 0 saturated carbocycles. The summed E-state index contributed by atoms with van der Waals surface area (Å²) in [5, 5.41) is 2.54. The van der Waals surface area contributed by atoms with Gasteiger partial charge in [-0.15, -0.1) is 0 Å². The van der Waals surface area contributed by atoms with E-state index in [0.717, 1.165) is 30.5 Å². The number of halogens is 5. The number of pyridine rings is 1. The lowest BCUT2D eigenvalue weighted by Gasteiger charge is -2.07. The highest BCUT2D eigenvalue weighted by atomic mass is 19.4. The zero-order chi connectivity index (χ0) is 21.5. The van der Waals surface area contributed by atoms with Crippen LogP contribution in [-0.2, 0) is 6.18 Å². The quantitative estimate of drug-likeness (QED) is 0.451. The van der Waals surface area contributed by atoms with Crippen LogP contribution >= 0.6 is 0 Å². The van der Waals surface area contributed by atoms with Crippen LogP contribution in [0.1, 0.15) is 16.1 Å². The van der Waals surface area contributed by atoms with E-state index in [2.05, 4.69) is 20.3 Å². The maximum Gasteiger partial charge on any atom is 0.433 e. The predicted molar refractivity (Wildman–Crippen MR) is 98.6 cm³/mol. The molecule has 30 heavy (non-hydrogen) atoms. The molecule has 4 aromatic rings. The Morgan fingerprint density at radius 2 is 1.80 bits per heavy atom. The van der Waals surface area contributed by atoms with Gasteiger partial charge < -0.3 is 10.3 Å². The number of hydrogen-bond acceptors (Lipinski definition) is 3. The molecule has 0 aliphatic rings. The second-order valence-corrected chi connectivity index (χ2v) is 6.33. The minimum Gasteiger partial charge on any atom is -0.338 e. The number of aromatic amines is 1. The van der Waals surface area contributed by atoms with Gasteiger partial charge in [0, 0.05) is 11.9 Å². The van der Waals surface area contributed by atoms with Crippen molar-refractivity contribution in [2.75, 3.05) is 5.32 Å². The van der Waals surface area contributed by atoms with Crippen molar-refractivity contribution in [1.82, 2.24) is 15.0 Å². The fraction of sp³-hybridized carbons (Fsp3) is 0.0500. The lowest BCUT2D eigenvalue weighted by Crippen LogP contribution is -2.14. The molecule has 5 nitrogen and oxygen atoms in total. The first-order valence-corrected chi connectivity index (χ1v) is 8.50. The second-order valence-electron chi connectivity index (χ2n) is 6.33. The van der Waals surface area contributed by atoms with Crippen LogP contribution < -0.4 is 5.32 Å². The monoisotopic (exact) mass is 418 g/mol.